The van der Waals surface area contributed by atoms with E-state index in [0.29, 0.717) is 23.7 Å². The molecule has 0 radical (unpaired) electrons. The normalized spacial score (nSPS) is 55.2. The first-order valence-electron chi connectivity index (χ1n) is 9.30. The van der Waals surface area contributed by atoms with Gasteiger partial charge in [0.15, 0.2) is 0 Å². The van der Waals surface area contributed by atoms with Crippen LogP contribution >= 0.6 is 0 Å². The maximum Gasteiger partial charge on any atom is 0.309 e. The average Bonchev–Trinajstić information content (AvgIpc) is 2.67. The summed E-state index contributed by atoms with van der Waals surface area (Å²) in [5.41, 5.74) is 0.966. The van der Waals surface area contributed by atoms with Crippen molar-refractivity contribution in [3.63, 3.8) is 0 Å². The molecule has 1 spiro atoms. The Bertz CT molecular complexity index is 569. The number of rotatable bonds is 1. The highest BCUT2D eigenvalue weighted by Gasteiger charge is 2.66. The minimum Gasteiger partial charge on any atom is -0.481 e. The summed E-state index contributed by atoms with van der Waals surface area (Å²) in [7, 11) is 0. The molecule has 2 N–H and O–H groups in total. The number of hydrogen-bond donors (Lipinski definition) is 2. The van der Waals surface area contributed by atoms with E-state index in [1.165, 1.54) is 24.8 Å². The lowest BCUT2D eigenvalue weighted by Gasteiger charge is -2.64. The number of carboxylic acids is 1. The molecule has 0 aromatic heterocycles. The first-order chi connectivity index (χ1) is 10.7. The van der Waals surface area contributed by atoms with E-state index in [9.17, 15) is 15.0 Å². The van der Waals surface area contributed by atoms with Gasteiger partial charge in [-0.3, -0.25) is 4.79 Å². The number of fused-ring (bicyclic) bond motifs is 3. The van der Waals surface area contributed by atoms with Gasteiger partial charge in [0.1, 0.15) is 0 Å². The summed E-state index contributed by atoms with van der Waals surface area (Å²) in [4.78, 5) is 12.1. The van der Waals surface area contributed by atoms with Crippen molar-refractivity contribution < 1.29 is 15.0 Å². The largest absolute Gasteiger partial charge is 0.481 e. The van der Waals surface area contributed by atoms with Crippen molar-refractivity contribution in [2.24, 2.45) is 34.0 Å². The zero-order valence-corrected chi connectivity index (χ0v) is 14.5. The molecule has 128 valence electrons. The Labute approximate surface area is 139 Å². The van der Waals surface area contributed by atoms with Gasteiger partial charge in [0, 0.05) is 0 Å². The molecule has 0 saturated heterocycles. The fourth-order valence-corrected chi connectivity index (χ4v) is 7.73. The van der Waals surface area contributed by atoms with Crippen molar-refractivity contribution in [1.29, 1.82) is 0 Å². The van der Waals surface area contributed by atoms with Crippen LogP contribution in [-0.4, -0.2) is 22.3 Å². The second-order valence-electron chi connectivity index (χ2n) is 9.61. The maximum atomic E-state index is 12.1. The summed E-state index contributed by atoms with van der Waals surface area (Å²) in [6.45, 7) is 8.52. The van der Waals surface area contributed by atoms with Crippen LogP contribution in [0.5, 0.6) is 0 Å². The van der Waals surface area contributed by atoms with E-state index in [4.69, 9.17) is 0 Å². The van der Waals surface area contributed by atoms with Crippen LogP contribution in [-0.2, 0) is 4.79 Å². The molecule has 4 aliphatic carbocycles. The van der Waals surface area contributed by atoms with Gasteiger partial charge in [-0.15, -0.1) is 0 Å². The van der Waals surface area contributed by atoms with E-state index in [0.717, 1.165) is 25.7 Å². The number of hydrogen-bond acceptors (Lipinski definition) is 2. The Hall–Kier alpha value is -0.830. The predicted molar refractivity (Wildman–Crippen MR) is 88.8 cm³/mol. The maximum absolute atomic E-state index is 12.1. The summed E-state index contributed by atoms with van der Waals surface area (Å²) >= 11 is 0. The van der Waals surface area contributed by atoms with Crippen molar-refractivity contribution in [2.45, 2.75) is 71.3 Å². The van der Waals surface area contributed by atoms with Crippen molar-refractivity contribution in [3.05, 3.63) is 12.2 Å². The van der Waals surface area contributed by atoms with Gasteiger partial charge >= 0.3 is 5.97 Å². The molecule has 4 aliphatic rings. The summed E-state index contributed by atoms with van der Waals surface area (Å²) in [6, 6.07) is 0. The summed E-state index contributed by atoms with van der Waals surface area (Å²) < 4.78 is 0. The van der Waals surface area contributed by atoms with Gasteiger partial charge in [0.05, 0.1) is 11.5 Å². The molecule has 4 saturated carbocycles. The molecule has 7 atom stereocenters. The molecule has 0 aliphatic heterocycles. The zero-order chi connectivity index (χ0) is 16.6. The quantitative estimate of drug-likeness (QED) is 0.718. The van der Waals surface area contributed by atoms with Gasteiger partial charge < -0.3 is 10.2 Å². The molecular weight excluding hydrogens is 288 g/mol. The molecule has 23 heavy (non-hydrogen) atoms. The Kier molecular flexibility index (Phi) is 3.15. The van der Waals surface area contributed by atoms with Crippen LogP contribution < -0.4 is 0 Å². The van der Waals surface area contributed by atoms with Gasteiger partial charge in [-0.05, 0) is 86.9 Å². The van der Waals surface area contributed by atoms with E-state index in [2.05, 4.69) is 13.5 Å². The van der Waals surface area contributed by atoms with E-state index in [1.807, 2.05) is 6.92 Å². The molecule has 2 bridgehead atoms. The second-order valence-corrected chi connectivity index (χ2v) is 9.61. The molecule has 0 heterocycles. The SMILES string of the molecule is C=C1CC23CCC4C(C)(C(=O)O)CC(O)CC4(C)C2CCC1C3. The Balaban J connectivity index is 1.77. The zero-order valence-electron chi connectivity index (χ0n) is 14.5. The van der Waals surface area contributed by atoms with E-state index in [1.54, 1.807) is 0 Å². The van der Waals surface area contributed by atoms with Gasteiger partial charge in [0.25, 0.3) is 0 Å². The fourth-order valence-electron chi connectivity index (χ4n) is 7.73. The van der Waals surface area contributed by atoms with Crippen molar-refractivity contribution in [1.82, 2.24) is 0 Å². The first-order valence-corrected chi connectivity index (χ1v) is 9.30. The highest BCUT2D eigenvalue weighted by molar-refractivity contribution is 5.75. The third-order valence-electron chi connectivity index (χ3n) is 8.47. The number of aliphatic hydroxyl groups excluding tert-OH is 1. The van der Waals surface area contributed by atoms with Gasteiger partial charge in [0.2, 0.25) is 0 Å². The topological polar surface area (TPSA) is 57.5 Å². The van der Waals surface area contributed by atoms with Crippen LogP contribution in [0, 0.1) is 34.0 Å². The van der Waals surface area contributed by atoms with E-state index >= 15 is 0 Å². The Morgan fingerprint density at radius 2 is 1.87 bits per heavy atom. The van der Waals surface area contributed by atoms with Crippen molar-refractivity contribution in [3.8, 4) is 0 Å². The Morgan fingerprint density at radius 1 is 1.13 bits per heavy atom. The molecule has 0 aromatic rings. The number of aliphatic carboxylic acids is 1. The second kappa shape index (κ2) is 4.62. The molecule has 3 nitrogen and oxygen atoms in total. The highest BCUT2D eigenvalue weighted by atomic mass is 16.4. The summed E-state index contributed by atoms with van der Waals surface area (Å²) in [6.07, 6.45) is 7.70. The minimum absolute atomic E-state index is 0.0430. The number of aliphatic hydroxyl groups is 1. The van der Waals surface area contributed by atoms with Crippen LogP contribution in [0.4, 0.5) is 0 Å². The lowest BCUT2D eigenvalue weighted by molar-refractivity contribution is -0.195. The molecule has 0 aromatic carbocycles. The third-order valence-corrected chi connectivity index (χ3v) is 8.47. The smallest absolute Gasteiger partial charge is 0.309 e. The van der Waals surface area contributed by atoms with Crippen LogP contribution in [0.2, 0.25) is 0 Å². The molecular formula is C20H30O3. The lowest BCUT2D eigenvalue weighted by Crippen LogP contribution is -2.60. The average molecular weight is 318 g/mol. The van der Waals surface area contributed by atoms with Crippen LogP contribution in [0.25, 0.3) is 0 Å². The first kappa shape index (κ1) is 15.7. The van der Waals surface area contributed by atoms with Crippen molar-refractivity contribution >= 4 is 5.97 Å². The monoisotopic (exact) mass is 318 g/mol. The third kappa shape index (κ3) is 1.89. The van der Waals surface area contributed by atoms with Crippen LogP contribution in [0.3, 0.4) is 0 Å². The number of carboxylic acid groups (broad SMARTS) is 1. The Morgan fingerprint density at radius 3 is 2.57 bits per heavy atom. The van der Waals surface area contributed by atoms with E-state index in [-0.39, 0.29) is 11.3 Å². The van der Waals surface area contributed by atoms with E-state index < -0.39 is 17.5 Å². The van der Waals surface area contributed by atoms with Crippen molar-refractivity contribution in [2.75, 3.05) is 0 Å². The fraction of sp³-hybridized carbons (Fsp3) is 0.850. The summed E-state index contributed by atoms with van der Waals surface area (Å²) in [5.74, 6) is 0.730. The summed E-state index contributed by atoms with van der Waals surface area (Å²) in [5, 5.41) is 20.4. The van der Waals surface area contributed by atoms with Gasteiger partial charge in [-0.25, -0.2) is 0 Å². The van der Waals surface area contributed by atoms with Gasteiger partial charge in [-0.1, -0.05) is 19.1 Å². The lowest BCUT2D eigenvalue weighted by atomic mass is 9.40. The minimum atomic E-state index is -0.777. The number of allylic oxidation sites excluding steroid dienone is 1. The van der Waals surface area contributed by atoms with Crippen LogP contribution in [0.1, 0.15) is 65.2 Å². The molecule has 7 unspecified atom stereocenters. The standard InChI is InChI=1S/C20H30O3/c1-12-8-20-7-6-15-18(2,16(20)5-4-13(12)9-20)10-14(21)11-19(15,3)17(22)23/h13-16,21H,1,4-11H2,2-3H3,(H,22,23). The molecule has 4 fully saturated rings. The molecule has 0 amide bonds. The highest BCUT2D eigenvalue weighted by Crippen LogP contribution is 2.72. The molecule has 3 heteroatoms. The molecule has 4 rings (SSSR count). The number of carbonyl (C=O) groups is 1. The van der Waals surface area contributed by atoms with Crippen LogP contribution in [0.15, 0.2) is 12.2 Å². The van der Waals surface area contributed by atoms with Gasteiger partial charge in [-0.2, -0.15) is 0 Å². The predicted octanol–water partition coefficient (Wildman–Crippen LogP) is 4.01.